The number of aromatic amines is 1. The Morgan fingerprint density at radius 2 is 1.92 bits per heavy atom. The zero-order valence-corrected chi connectivity index (χ0v) is 14.1. The number of hydrogen-bond donors (Lipinski definition) is 4. The van der Waals surface area contributed by atoms with Gasteiger partial charge in [0.2, 0.25) is 0 Å². The Kier molecular flexibility index (Phi) is 5.16. The third-order valence-electron chi connectivity index (χ3n) is 4.51. The van der Waals surface area contributed by atoms with E-state index in [0.29, 0.717) is 11.1 Å². The van der Waals surface area contributed by atoms with Gasteiger partial charge in [0.15, 0.2) is 5.78 Å². The van der Waals surface area contributed by atoms with Crippen LogP contribution in [0.3, 0.4) is 0 Å². The average Bonchev–Trinajstić information content (AvgIpc) is 3.05. The normalized spacial score (nSPS) is 12.2. The van der Waals surface area contributed by atoms with E-state index in [2.05, 4.69) is 4.98 Å². The summed E-state index contributed by atoms with van der Waals surface area (Å²) in [6.07, 6.45) is 1.53. The molecular formula is C20H20N2O4. The second-order valence-corrected chi connectivity index (χ2v) is 6.16. The number of Topliss-reactive ketones (excluding diaryl/α,β-unsaturated/α-hetero) is 1. The third kappa shape index (κ3) is 3.37. The number of aliphatic carboxylic acids is 1. The third-order valence-corrected chi connectivity index (χ3v) is 4.51. The smallest absolute Gasteiger partial charge is 0.307 e. The number of nitrogens with two attached hydrogens (primary N) is 1. The lowest BCUT2D eigenvalue weighted by molar-refractivity contribution is -0.136. The van der Waals surface area contributed by atoms with Crippen LogP contribution in [0, 0.1) is 0 Å². The number of aromatic nitrogens is 1. The number of carbonyl (C=O) groups is 2. The van der Waals surface area contributed by atoms with Gasteiger partial charge in [0.1, 0.15) is 0 Å². The first-order chi connectivity index (χ1) is 12.5. The number of nitrogens with one attached hydrogen (secondary N) is 1. The molecule has 0 saturated heterocycles. The van der Waals surface area contributed by atoms with E-state index in [9.17, 15) is 14.7 Å². The Labute approximate surface area is 150 Å². The van der Waals surface area contributed by atoms with Gasteiger partial charge in [0, 0.05) is 29.2 Å². The number of carboxylic acid groups (broad SMARTS) is 1. The SMILES string of the molecule is NCC(C(=O)c1ccccc1CC(=O)O)c1c[nH]c2ccc(CO)cc12. The van der Waals surface area contributed by atoms with Crippen molar-refractivity contribution in [2.45, 2.75) is 18.9 Å². The van der Waals surface area contributed by atoms with E-state index in [1.807, 2.05) is 18.2 Å². The van der Waals surface area contributed by atoms with Crippen LogP contribution < -0.4 is 5.73 Å². The minimum Gasteiger partial charge on any atom is -0.481 e. The van der Waals surface area contributed by atoms with Crippen LogP contribution >= 0.6 is 0 Å². The van der Waals surface area contributed by atoms with E-state index < -0.39 is 11.9 Å². The molecule has 3 rings (SSSR count). The Hall–Kier alpha value is -2.96. The summed E-state index contributed by atoms with van der Waals surface area (Å²) < 4.78 is 0. The maximum atomic E-state index is 13.1. The van der Waals surface area contributed by atoms with Gasteiger partial charge in [-0.05, 0) is 28.8 Å². The van der Waals surface area contributed by atoms with Gasteiger partial charge in [-0.1, -0.05) is 30.3 Å². The number of benzene rings is 2. The highest BCUT2D eigenvalue weighted by Crippen LogP contribution is 2.29. The monoisotopic (exact) mass is 352 g/mol. The highest BCUT2D eigenvalue weighted by Gasteiger charge is 2.25. The maximum Gasteiger partial charge on any atom is 0.307 e. The molecule has 0 fully saturated rings. The van der Waals surface area contributed by atoms with Crippen molar-refractivity contribution in [3.05, 3.63) is 70.9 Å². The largest absolute Gasteiger partial charge is 0.481 e. The molecule has 3 aromatic rings. The maximum absolute atomic E-state index is 13.1. The summed E-state index contributed by atoms with van der Waals surface area (Å²) in [6, 6.07) is 12.2. The second kappa shape index (κ2) is 7.51. The van der Waals surface area contributed by atoms with E-state index in [-0.39, 0.29) is 25.4 Å². The summed E-state index contributed by atoms with van der Waals surface area (Å²) in [5.41, 5.74) is 9.10. The highest BCUT2D eigenvalue weighted by molar-refractivity contribution is 6.05. The fourth-order valence-electron chi connectivity index (χ4n) is 3.22. The van der Waals surface area contributed by atoms with Crippen molar-refractivity contribution in [1.29, 1.82) is 0 Å². The zero-order chi connectivity index (χ0) is 18.7. The molecule has 6 nitrogen and oxygen atoms in total. The average molecular weight is 352 g/mol. The van der Waals surface area contributed by atoms with E-state index in [1.54, 1.807) is 30.5 Å². The van der Waals surface area contributed by atoms with Crippen LogP contribution in [0.25, 0.3) is 10.9 Å². The van der Waals surface area contributed by atoms with E-state index >= 15 is 0 Å². The molecule has 0 saturated carbocycles. The molecule has 0 bridgehead atoms. The number of H-pyrrole nitrogens is 1. The number of carbonyl (C=O) groups excluding carboxylic acids is 1. The molecule has 1 aromatic heterocycles. The number of ketones is 1. The fourth-order valence-corrected chi connectivity index (χ4v) is 3.22. The quantitative estimate of drug-likeness (QED) is 0.487. The molecule has 0 amide bonds. The van der Waals surface area contributed by atoms with Gasteiger partial charge in [0.05, 0.1) is 18.9 Å². The first-order valence-corrected chi connectivity index (χ1v) is 8.30. The summed E-state index contributed by atoms with van der Waals surface area (Å²) in [4.78, 5) is 27.4. The predicted octanol–water partition coefficient (Wildman–Crippen LogP) is 2.21. The molecule has 134 valence electrons. The lowest BCUT2D eigenvalue weighted by Gasteiger charge is -2.15. The Balaban J connectivity index is 2.05. The van der Waals surface area contributed by atoms with Crippen LogP contribution in [0.4, 0.5) is 0 Å². The van der Waals surface area contributed by atoms with Gasteiger partial charge >= 0.3 is 5.97 Å². The molecule has 0 aliphatic heterocycles. The number of aliphatic hydroxyl groups excluding tert-OH is 1. The van der Waals surface area contributed by atoms with Crippen LogP contribution in [0.1, 0.15) is 33.0 Å². The minimum absolute atomic E-state index is 0.0938. The molecule has 5 N–H and O–H groups in total. The van der Waals surface area contributed by atoms with Gasteiger partial charge in [-0.25, -0.2) is 0 Å². The molecule has 0 radical (unpaired) electrons. The Morgan fingerprint density at radius 1 is 1.15 bits per heavy atom. The predicted molar refractivity (Wildman–Crippen MR) is 98.1 cm³/mol. The van der Waals surface area contributed by atoms with Crippen LogP contribution in [0.15, 0.2) is 48.7 Å². The van der Waals surface area contributed by atoms with Crippen molar-refractivity contribution in [1.82, 2.24) is 4.98 Å². The summed E-state index contributed by atoms with van der Waals surface area (Å²) in [7, 11) is 0. The van der Waals surface area contributed by atoms with Crippen molar-refractivity contribution >= 4 is 22.7 Å². The number of fused-ring (bicyclic) bond motifs is 1. The van der Waals surface area contributed by atoms with Gasteiger partial charge in [-0.15, -0.1) is 0 Å². The number of hydrogen-bond acceptors (Lipinski definition) is 4. The lowest BCUT2D eigenvalue weighted by Crippen LogP contribution is -2.23. The number of rotatable bonds is 7. The van der Waals surface area contributed by atoms with E-state index in [4.69, 9.17) is 10.8 Å². The summed E-state index contributed by atoms with van der Waals surface area (Å²) >= 11 is 0. The molecule has 1 unspecified atom stereocenters. The van der Waals surface area contributed by atoms with Crippen molar-refractivity contribution in [2.75, 3.05) is 6.54 Å². The first kappa shape index (κ1) is 17.8. The lowest BCUT2D eigenvalue weighted by atomic mass is 9.87. The molecule has 26 heavy (non-hydrogen) atoms. The Morgan fingerprint density at radius 3 is 2.62 bits per heavy atom. The molecule has 0 aliphatic rings. The highest BCUT2D eigenvalue weighted by atomic mass is 16.4. The van der Waals surface area contributed by atoms with E-state index in [0.717, 1.165) is 22.0 Å². The van der Waals surface area contributed by atoms with Crippen LogP contribution in [0.5, 0.6) is 0 Å². The minimum atomic E-state index is -0.991. The van der Waals surface area contributed by atoms with Crippen molar-refractivity contribution in [3.8, 4) is 0 Å². The number of aliphatic hydroxyl groups is 1. The zero-order valence-electron chi connectivity index (χ0n) is 14.1. The van der Waals surface area contributed by atoms with Crippen LogP contribution in [-0.4, -0.2) is 33.5 Å². The van der Waals surface area contributed by atoms with Crippen molar-refractivity contribution in [2.24, 2.45) is 5.73 Å². The standard InChI is InChI=1S/C20H20N2O4/c21-9-16(17-10-22-18-6-5-12(11-23)7-15(17)18)20(26)14-4-2-1-3-13(14)8-19(24)25/h1-7,10,16,22-23H,8-9,11,21H2,(H,24,25). The van der Waals surface area contributed by atoms with Gasteiger partial charge in [0.25, 0.3) is 0 Å². The summed E-state index contributed by atoms with van der Waals surface area (Å²) in [6.45, 7) is -0.000210. The van der Waals surface area contributed by atoms with Crippen molar-refractivity contribution < 1.29 is 19.8 Å². The molecule has 2 aromatic carbocycles. The van der Waals surface area contributed by atoms with Crippen LogP contribution in [0.2, 0.25) is 0 Å². The van der Waals surface area contributed by atoms with Gasteiger partial charge in [-0.3, -0.25) is 9.59 Å². The molecule has 0 aliphatic carbocycles. The van der Waals surface area contributed by atoms with Crippen molar-refractivity contribution in [3.63, 3.8) is 0 Å². The summed E-state index contributed by atoms with van der Waals surface area (Å²) in [5, 5.41) is 19.3. The molecule has 0 spiro atoms. The van der Waals surface area contributed by atoms with Gasteiger partial charge < -0.3 is 20.9 Å². The summed E-state index contributed by atoms with van der Waals surface area (Å²) in [5.74, 6) is -1.80. The molecule has 1 heterocycles. The fraction of sp³-hybridized carbons (Fsp3) is 0.200. The molecule has 6 heteroatoms. The van der Waals surface area contributed by atoms with E-state index in [1.165, 1.54) is 0 Å². The topological polar surface area (TPSA) is 116 Å². The second-order valence-electron chi connectivity index (χ2n) is 6.16. The number of carboxylic acids is 1. The molecule has 1 atom stereocenters. The van der Waals surface area contributed by atoms with Gasteiger partial charge in [-0.2, -0.15) is 0 Å². The van der Waals surface area contributed by atoms with Crippen LogP contribution in [-0.2, 0) is 17.8 Å². The first-order valence-electron chi connectivity index (χ1n) is 8.30. The molecular weight excluding hydrogens is 332 g/mol. The Bertz CT molecular complexity index is 961.